The van der Waals surface area contributed by atoms with Crippen molar-refractivity contribution in [1.82, 2.24) is 15.0 Å². The summed E-state index contributed by atoms with van der Waals surface area (Å²) in [5.74, 6) is -0.496. The van der Waals surface area contributed by atoms with Crippen molar-refractivity contribution in [2.75, 3.05) is 6.61 Å². The third-order valence-electron chi connectivity index (χ3n) is 3.84. The third-order valence-corrected chi connectivity index (χ3v) is 3.84. The van der Waals surface area contributed by atoms with Gasteiger partial charge in [-0.1, -0.05) is 48.5 Å². The van der Waals surface area contributed by atoms with Crippen LogP contribution in [0, 0.1) is 6.92 Å². The Morgan fingerprint density at radius 1 is 0.962 bits per heavy atom. The lowest BCUT2D eigenvalue weighted by molar-refractivity contribution is 0.0486. The maximum absolute atomic E-state index is 12.2. The Bertz CT molecular complexity index is 889. The van der Waals surface area contributed by atoms with E-state index in [2.05, 4.69) is 10.2 Å². The molecule has 0 spiro atoms. The van der Waals surface area contributed by atoms with Crippen molar-refractivity contribution >= 4 is 11.8 Å². The van der Waals surface area contributed by atoms with Crippen LogP contribution in [0.4, 0.5) is 0 Å². The number of ether oxygens (including phenoxy) is 1. The van der Waals surface area contributed by atoms with Crippen molar-refractivity contribution in [3.05, 3.63) is 77.6 Å². The van der Waals surface area contributed by atoms with Gasteiger partial charge in [0, 0.05) is 12.0 Å². The molecule has 0 saturated heterocycles. The molecule has 0 bridgehead atoms. The van der Waals surface area contributed by atoms with Gasteiger partial charge in [0.05, 0.1) is 18.0 Å². The van der Waals surface area contributed by atoms with E-state index in [1.807, 2.05) is 48.5 Å². The molecule has 0 aliphatic carbocycles. The summed E-state index contributed by atoms with van der Waals surface area (Å²) in [6, 6.07) is 18.4. The standard InChI is InChI=1S/C20H19N3O3/c1-15-19(22-23(21-15)17-11-6-3-7-12-17)20(25)26-14-8-13-18(24)16-9-4-2-5-10-16/h2-7,9-12H,8,13-14H2,1H3. The number of aromatic nitrogens is 3. The normalized spacial score (nSPS) is 10.5. The molecule has 0 N–H and O–H groups in total. The molecule has 2 aromatic carbocycles. The molecule has 3 rings (SSSR count). The Morgan fingerprint density at radius 3 is 2.31 bits per heavy atom. The quantitative estimate of drug-likeness (QED) is 0.371. The van der Waals surface area contributed by atoms with Crippen molar-refractivity contribution in [2.24, 2.45) is 0 Å². The molecule has 0 unspecified atom stereocenters. The largest absolute Gasteiger partial charge is 0.461 e. The summed E-state index contributed by atoms with van der Waals surface area (Å²) in [6.07, 6.45) is 0.790. The molecule has 6 nitrogen and oxygen atoms in total. The van der Waals surface area contributed by atoms with Crippen molar-refractivity contribution in [2.45, 2.75) is 19.8 Å². The van der Waals surface area contributed by atoms with Crippen molar-refractivity contribution in [3.8, 4) is 5.69 Å². The molecule has 3 aromatic rings. The van der Waals surface area contributed by atoms with Gasteiger partial charge in [-0.15, -0.1) is 5.10 Å². The van der Waals surface area contributed by atoms with Crippen LogP contribution in [0.25, 0.3) is 5.69 Å². The minimum absolute atomic E-state index is 0.0350. The number of esters is 1. The molecule has 0 aliphatic heterocycles. The van der Waals surface area contributed by atoms with Crippen molar-refractivity contribution < 1.29 is 14.3 Å². The molecule has 0 amide bonds. The third kappa shape index (κ3) is 4.22. The predicted molar refractivity (Wildman–Crippen MR) is 96.4 cm³/mol. The number of benzene rings is 2. The summed E-state index contributed by atoms with van der Waals surface area (Å²) < 4.78 is 5.24. The van der Waals surface area contributed by atoms with Gasteiger partial charge in [0.15, 0.2) is 11.5 Å². The number of hydrogen-bond donors (Lipinski definition) is 0. The zero-order valence-corrected chi connectivity index (χ0v) is 14.5. The van der Waals surface area contributed by atoms with Gasteiger partial charge >= 0.3 is 5.97 Å². The molecule has 0 radical (unpaired) electrons. The van der Waals surface area contributed by atoms with Crippen LogP contribution in [0.5, 0.6) is 0 Å². The summed E-state index contributed by atoms with van der Waals surface area (Å²) in [7, 11) is 0. The maximum atomic E-state index is 12.2. The summed E-state index contributed by atoms with van der Waals surface area (Å²) >= 11 is 0. The smallest absolute Gasteiger partial charge is 0.360 e. The number of hydrogen-bond acceptors (Lipinski definition) is 5. The second kappa shape index (κ2) is 8.20. The molecule has 132 valence electrons. The first-order valence-electron chi connectivity index (χ1n) is 8.40. The zero-order chi connectivity index (χ0) is 18.4. The van der Waals surface area contributed by atoms with Crippen LogP contribution in [-0.2, 0) is 4.74 Å². The van der Waals surface area contributed by atoms with Crippen molar-refractivity contribution in [3.63, 3.8) is 0 Å². The number of carbonyl (C=O) groups excluding carboxylic acids is 2. The minimum Gasteiger partial charge on any atom is -0.461 e. The van der Waals surface area contributed by atoms with E-state index in [4.69, 9.17) is 4.74 Å². The summed E-state index contributed by atoms with van der Waals surface area (Å²) in [6.45, 7) is 1.87. The summed E-state index contributed by atoms with van der Waals surface area (Å²) in [5.41, 5.74) is 2.12. The minimum atomic E-state index is -0.531. The van der Waals surface area contributed by atoms with Crippen LogP contribution in [-0.4, -0.2) is 33.4 Å². The van der Waals surface area contributed by atoms with Gasteiger partial charge in [0.1, 0.15) is 0 Å². The molecule has 0 aliphatic rings. The second-order valence-corrected chi connectivity index (χ2v) is 5.79. The highest BCUT2D eigenvalue weighted by Gasteiger charge is 2.18. The van der Waals surface area contributed by atoms with E-state index in [0.717, 1.165) is 5.69 Å². The molecule has 0 atom stereocenters. The fraction of sp³-hybridized carbons (Fsp3) is 0.200. The average Bonchev–Trinajstić information content (AvgIpc) is 3.08. The molecule has 1 aromatic heterocycles. The first-order valence-corrected chi connectivity index (χ1v) is 8.40. The lowest BCUT2D eigenvalue weighted by Gasteiger charge is -2.03. The molecular formula is C20H19N3O3. The summed E-state index contributed by atoms with van der Waals surface area (Å²) in [5, 5.41) is 8.45. The molecular weight excluding hydrogens is 330 g/mol. The van der Waals surface area contributed by atoms with E-state index in [1.54, 1.807) is 19.1 Å². The predicted octanol–water partition coefficient (Wildman–Crippen LogP) is 3.40. The van der Waals surface area contributed by atoms with Gasteiger partial charge in [-0.2, -0.15) is 9.90 Å². The lowest BCUT2D eigenvalue weighted by Crippen LogP contribution is -2.10. The van der Waals surface area contributed by atoms with Crippen LogP contribution in [0.2, 0.25) is 0 Å². The fourth-order valence-corrected chi connectivity index (χ4v) is 2.48. The van der Waals surface area contributed by atoms with Crippen LogP contribution < -0.4 is 0 Å². The topological polar surface area (TPSA) is 74.1 Å². The first-order chi connectivity index (χ1) is 12.6. The zero-order valence-electron chi connectivity index (χ0n) is 14.5. The van der Waals surface area contributed by atoms with Gasteiger partial charge in [0.2, 0.25) is 0 Å². The molecule has 0 fully saturated rings. The van der Waals surface area contributed by atoms with E-state index in [1.165, 1.54) is 4.80 Å². The van der Waals surface area contributed by atoms with Crippen LogP contribution in [0.1, 0.15) is 39.4 Å². The maximum Gasteiger partial charge on any atom is 0.360 e. The highest BCUT2D eigenvalue weighted by molar-refractivity contribution is 5.96. The van der Waals surface area contributed by atoms with Gasteiger partial charge in [-0.3, -0.25) is 4.79 Å². The molecule has 26 heavy (non-hydrogen) atoms. The van der Waals surface area contributed by atoms with Crippen LogP contribution in [0.15, 0.2) is 60.7 Å². The number of ketones is 1. The Kier molecular flexibility index (Phi) is 5.53. The Balaban J connectivity index is 1.53. The Labute approximate surface area is 151 Å². The number of carbonyl (C=O) groups is 2. The number of para-hydroxylation sites is 1. The summed E-state index contributed by atoms with van der Waals surface area (Å²) in [4.78, 5) is 25.6. The van der Waals surface area contributed by atoms with Crippen LogP contribution >= 0.6 is 0 Å². The van der Waals surface area contributed by atoms with Gasteiger partial charge < -0.3 is 4.74 Å². The van der Waals surface area contributed by atoms with Gasteiger partial charge in [-0.25, -0.2) is 4.79 Å². The fourth-order valence-electron chi connectivity index (χ4n) is 2.48. The van der Waals surface area contributed by atoms with E-state index in [9.17, 15) is 9.59 Å². The number of aryl methyl sites for hydroxylation is 1. The van der Waals surface area contributed by atoms with E-state index < -0.39 is 5.97 Å². The number of nitrogens with zero attached hydrogens (tertiary/aromatic N) is 3. The average molecular weight is 349 g/mol. The number of Topliss-reactive ketones (excluding diaryl/α,β-unsaturated/α-hetero) is 1. The Hall–Kier alpha value is -3.28. The highest BCUT2D eigenvalue weighted by Crippen LogP contribution is 2.10. The first kappa shape index (κ1) is 17.5. The number of rotatable bonds is 7. The molecule has 0 saturated carbocycles. The van der Waals surface area contributed by atoms with E-state index in [-0.39, 0.29) is 18.1 Å². The monoisotopic (exact) mass is 349 g/mol. The van der Waals surface area contributed by atoms with E-state index >= 15 is 0 Å². The van der Waals surface area contributed by atoms with Crippen molar-refractivity contribution in [1.29, 1.82) is 0 Å². The highest BCUT2D eigenvalue weighted by atomic mass is 16.5. The van der Waals surface area contributed by atoms with Gasteiger partial charge in [-0.05, 0) is 25.5 Å². The van der Waals surface area contributed by atoms with E-state index in [0.29, 0.717) is 24.1 Å². The Morgan fingerprint density at radius 2 is 1.62 bits per heavy atom. The van der Waals surface area contributed by atoms with Crippen LogP contribution in [0.3, 0.4) is 0 Å². The molecule has 6 heteroatoms. The lowest BCUT2D eigenvalue weighted by atomic mass is 10.1. The van der Waals surface area contributed by atoms with Gasteiger partial charge in [0.25, 0.3) is 0 Å². The molecule has 1 heterocycles. The second-order valence-electron chi connectivity index (χ2n) is 5.79. The SMILES string of the molecule is Cc1nn(-c2ccccc2)nc1C(=O)OCCCC(=O)c1ccccc1.